The van der Waals surface area contributed by atoms with Crippen LogP contribution in [0.25, 0.3) is 0 Å². The van der Waals surface area contributed by atoms with Gasteiger partial charge in [-0.05, 0) is 67.2 Å². The molecule has 0 unspecified atom stereocenters. The minimum Gasteiger partial charge on any atom is -0.469 e. The molecule has 0 aromatic heterocycles. The van der Waals surface area contributed by atoms with Crippen LogP contribution in [0.4, 0.5) is 5.69 Å². The summed E-state index contributed by atoms with van der Waals surface area (Å²) in [7, 11) is 1.51. The van der Waals surface area contributed by atoms with Crippen LogP contribution in [0, 0.1) is 11.3 Å². The van der Waals surface area contributed by atoms with Gasteiger partial charge in [0.05, 0.1) is 12.5 Å². The Morgan fingerprint density at radius 1 is 1.33 bits per heavy atom. The fourth-order valence-corrected chi connectivity index (χ4v) is 4.95. The molecule has 1 fully saturated rings. The zero-order chi connectivity index (χ0) is 15.3. The molecule has 1 saturated carbocycles. The van der Waals surface area contributed by atoms with Gasteiger partial charge in [-0.3, -0.25) is 4.79 Å². The predicted molar refractivity (Wildman–Crippen MR) is 84.0 cm³/mol. The van der Waals surface area contributed by atoms with E-state index in [1.807, 2.05) is 6.07 Å². The topological polar surface area (TPSA) is 52.3 Å². The third kappa shape index (κ3) is 1.97. The smallest absolute Gasteiger partial charge is 0.311 e. The number of anilines is 1. The summed E-state index contributed by atoms with van der Waals surface area (Å²) in [4.78, 5) is 12.4. The number of fused-ring (bicyclic) bond motifs is 3. The number of esters is 1. The summed E-state index contributed by atoms with van der Waals surface area (Å²) in [5.74, 6) is 0.284. The number of aryl methyl sites for hydroxylation is 1. The second kappa shape index (κ2) is 4.75. The lowest BCUT2D eigenvalue weighted by Gasteiger charge is -2.54. The SMILES string of the molecule is COC(=O)[C@]1(C)CCC[C@@]2(C)c3cc(N)ccc3CC[C@@H]12. The normalized spacial score (nSPS) is 34.7. The molecular weight excluding hydrogens is 262 g/mol. The highest BCUT2D eigenvalue weighted by molar-refractivity contribution is 5.77. The van der Waals surface area contributed by atoms with Crippen LogP contribution in [0.15, 0.2) is 18.2 Å². The highest BCUT2D eigenvalue weighted by Gasteiger charge is 2.55. The standard InChI is InChI=1S/C18H25NO2/c1-17-9-4-10-18(2,16(20)21-3)15(17)8-6-12-5-7-13(19)11-14(12)17/h5,7,11,15H,4,6,8-10,19H2,1-3H3/t15-,17+,18-/m1/s1. The van der Waals surface area contributed by atoms with E-state index in [-0.39, 0.29) is 16.8 Å². The van der Waals surface area contributed by atoms with Gasteiger partial charge in [-0.2, -0.15) is 0 Å². The molecular formula is C18H25NO2. The molecule has 3 rings (SSSR count). The Morgan fingerprint density at radius 2 is 2.10 bits per heavy atom. The van der Waals surface area contributed by atoms with Crippen LogP contribution < -0.4 is 5.73 Å². The fourth-order valence-electron chi connectivity index (χ4n) is 4.95. The summed E-state index contributed by atoms with van der Waals surface area (Å²) >= 11 is 0. The van der Waals surface area contributed by atoms with E-state index in [9.17, 15) is 4.79 Å². The molecule has 1 aromatic carbocycles. The van der Waals surface area contributed by atoms with Gasteiger partial charge in [-0.25, -0.2) is 0 Å². The second-order valence-electron chi connectivity index (χ2n) is 7.19. The van der Waals surface area contributed by atoms with Crippen molar-refractivity contribution >= 4 is 11.7 Å². The molecule has 0 radical (unpaired) electrons. The van der Waals surface area contributed by atoms with Crippen molar-refractivity contribution < 1.29 is 9.53 Å². The summed E-state index contributed by atoms with van der Waals surface area (Å²) in [5, 5.41) is 0. The molecule has 2 aliphatic carbocycles. The van der Waals surface area contributed by atoms with E-state index in [1.165, 1.54) is 18.2 Å². The molecule has 0 heterocycles. The van der Waals surface area contributed by atoms with Crippen molar-refractivity contribution in [1.82, 2.24) is 0 Å². The van der Waals surface area contributed by atoms with Crippen molar-refractivity contribution in [3.63, 3.8) is 0 Å². The molecule has 0 saturated heterocycles. The average Bonchev–Trinajstić information content (AvgIpc) is 2.46. The zero-order valence-electron chi connectivity index (χ0n) is 13.2. The van der Waals surface area contributed by atoms with Gasteiger partial charge < -0.3 is 10.5 Å². The molecule has 1 aromatic rings. The van der Waals surface area contributed by atoms with Crippen molar-refractivity contribution in [3.8, 4) is 0 Å². The molecule has 3 heteroatoms. The molecule has 0 aliphatic heterocycles. The van der Waals surface area contributed by atoms with Crippen molar-refractivity contribution in [2.45, 2.75) is 51.4 Å². The molecule has 0 spiro atoms. The summed E-state index contributed by atoms with van der Waals surface area (Å²) in [6.07, 6.45) is 5.20. The minimum absolute atomic E-state index is 0.0319. The largest absolute Gasteiger partial charge is 0.469 e. The van der Waals surface area contributed by atoms with Gasteiger partial charge in [0.25, 0.3) is 0 Å². The van der Waals surface area contributed by atoms with Gasteiger partial charge in [0, 0.05) is 5.69 Å². The van der Waals surface area contributed by atoms with E-state index in [1.54, 1.807) is 0 Å². The molecule has 21 heavy (non-hydrogen) atoms. The molecule has 2 N–H and O–H groups in total. The van der Waals surface area contributed by atoms with E-state index in [0.29, 0.717) is 5.92 Å². The number of rotatable bonds is 1. The first-order valence-electron chi connectivity index (χ1n) is 7.89. The lowest BCUT2D eigenvalue weighted by Crippen LogP contribution is -2.52. The Kier molecular flexibility index (Phi) is 3.27. The number of carbonyl (C=O) groups excluding carboxylic acids is 1. The van der Waals surface area contributed by atoms with Crippen molar-refractivity contribution in [3.05, 3.63) is 29.3 Å². The molecule has 3 nitrogen and oxygen atoms in total. The summed E-state index contributed by atoms with van der Waals surface area (Å²) in [6.45, 7) is 4.41. The maximum atomic E-state index is 12.4. The van der Waals surface area contributed by atoms with Gasteiger partial charge in [-0.15, -0.1) is 0 Å². The summed E-state index contributed by atoms with van der Waals surface area (Å²) < 4.78 is 5.13. The van der Waals surface area contributed by atoms with Crippen LogP contribution in [0.1, 0.15) is 50.7 Å². The first-order valence-corrected chi connectivity index (χ1v) is 7.89. The summed E-state index contributed by atoms with van der Waals surface area (Å²) in [5.41, 5.74) is 9.26. The van der Waals surface area contributed by atoms with Gasteiger partial charge >= 0.3 is 5.97 Å². The third-order valence-corrected chi connectivity index (χ3v) is 6.03. The molecule has 0 amide bonds. The second-order valence-corrected chi connectivity index (χ2v) is 7.19. The van der Waals surface area contributed by atoms with Crippen molar-refractivity contribution in [2.75, 3.05) is 12.8 Å². The van der Waals surface area contributed by atoms with Gasteiger partial charge in [0.1, 0.15) is 0 Å². The lowest BCUT2D eigenvalue weighted by molar-refractivity contribution is -0.161. The van der Waals surface area contributed by atoms with Crippen LogP contribution in [-0.2, 0) is 21.4 Å². The van der Waals surface area contributed by atoms with E-state index in [0.717, 1.165) is 37.8 Å². The number of nitrogen functional groups attached to an aromatic ring is 1. The minimum atomic E-state index is -0.371. The van der Waals surface area contributed by atoms with Gasteiger partial charge in [0.2, 0.25) is 0 Å². The van der Waals surface area contributed by atoms with Gasteiger partial charge in [0.15, 0.2) is 0 Å². The Morgan fingerprint density at radius 3 is 2.81 bits per heavy atom. The number of hydrogen-bond acceptors (Lipinski definition) is 3. The maximum absolute atomic E-state index is 12.4. The first-order chi connectivity index (χ1) is 9.91. The van der Waals surface area contributed by atoms with E-state index < -0.39 is 0 Å². The Bertz CT molecular complexity index is 583. The Hall–Kier alpha value is -1.51. The number of methoxy groups -OCH3 is 1. The number of hydrogen-bond donors (Lipinski definition) is 1. The highest BCUT2D eigenvalue weighted by Crippen LogP contribution is 2.57. The lowest BCUT2D eigenvalue weighted by atomic mass is 9.50. The van der Waals surface area contributed by atoms with Crippen LogP contribution in [-0.4, -0.2) is 13.1 Å². The van der Waals surface area contributed by atoms with Crippen LogP contribution in [0.3, 0.4) is 0 Å². The Labute approximate surface area is 126 Å². The first kappa shape index (κ1) is 14.4. The van der Waals surface area contributed by atoms with Crippen LogP contribution in [0.5, 0.6) is 0 Å². The quantitative estimate of drug-likeness (QED) is 0.636. The van der Waals surface area contributed by atoms with E-state index in [4.69, 9.17) is 10.5 Å². The monoisotopic (exact) mass is 287 g/mol. The fraction of sp³-hybridized carbons (Fsp3) is 0.611. The number of benzene rings is 1. The summed E-state index contributed by atoms with van der Waals surface area (Å²) in [6, 6.07) is 6.28. The highest BCUT2D eigenvalue weighted by atomic mass is 16.5. The average molecular weight is 287 g/mol. The molecule has 114 valence electrons. The van der Waals surface area contributed by atoms with Crippen molar-refractivity contribution in [1.29, 1.82) is 0 Å². The third-order valence-electron chi connectivity index (χ3n) is 6.03. The van der Waals surface area contributed by atoms with E-state index >= 15 is 0 Å². The number of nitrogens with two attached hydrogens (primary N) is 1. The van der Waals surface area contributed by atoms with Crippen LogP contribution >= 0.6 is 0 Å². The molecule has 3 atom stereocenters. The predicted octanol–water partition coefficient (Wildman–Crippen LogP) is 3.45. The maximum Gasteiger partial charge on any atom is 0.311 e. The van der Waals surface area contributed by atoms with Gasteiger partial charge in [-0.1, -0.05) is 19.4 Å². The number of ether oxygens (including phenoxy) is 1. The Balaban J connectivity index is 2.10. The zero-order valence-corrected chi connectivity index (χ0v) is 13.2. The van der Waals surface area contributed by atoms with Crippen LogP contribution in [0.2, 0.25) is 0 Å². The van der Waals surface area contributed by atoms with E-state index in [2.05, 4.69) is 26.0 Å². The molecule has 2 aliphatic rings. The number of carbonyl (C=O) groups is 1. The molecule has 0 bridgehead atoms. The van der Waals surface area contributed by atoms with Crippen molar-refractivity contribution in [2.24, 2.45) is 11.3 Å².